The maximum Gasteiger partial charge on any atom is 0.0403 e. The molecule has 0 bridgehead atoms. The normalized spacial score (nSPS) is 18.1. The van der Waals surface area contributed by atoms with Crippen LogP contribution in [-0.4, -0.2) is 0 Å². The predicted molar refractivity (Wildman–Crippen MR) is 114 cm³/mol. The summed E-state index contributed by atoms with van der Waals surface area (Å²) in [4.78, 5) is 0. The molecule has 1 unspecified atom stereocenters. The second-order valence-electron chi connectivity index (χ2n) is 7.36. The monoisotopic (exact) mass is 346 g/mol. The molecule has 0 heterocycles. The molecular weight excluding hydrogens is 324 g/mol. The molecule has 0 fully saturated rings. The number of benzene rings is 3. The molecule has 2 aliphatic carbocycles. The molecule has 0 nitrogen and oxygen atoms in total. The summed E-state index contributed by atoms with van der Waals surface area (Å²) in [6, 6.07) is 30.9. The molecule has 0 aliphatic heterocycles. The van der Waals surface area contributed by atoms with E-state index >= 15 is 0 Å². The van der Waals surface area contributed by atoms with Gasteiger partial charge in [-0.25, -0.2) is 0 Å². The van der Waals surface area contributed by atoms with Crippen molar-refractivity contribution in [3.05, 3.63) is 138 Å². The molecular formula is C27H22. The van der Waals surface area contributed by atoms with Crippen LogP contribution in [0, 0.1) is 5.92 Å². The van der Waals surface area contributed by atoms with Crippen LogP contribution >= 0.6 is 0 Å². The third-order valence-corrected chi connectivity index (χ3v) is 6.07. The summed E-state index contributed by atoms with van der Waals surface area (Å²) in [5.74, 6) is 0.596. The Balaban J connectivity index is 1.84. The van der Waals surface area contributed by atoms with Gasteiger partial charge in [0.25, 0.3) is 0 Å². The first-order chi connectivity index (χ1) is 13.4. The Morgan fingerprint density at radius 3 is 1.74 bits per heavy atom. The van der Waals surface area contributed by atoms with Gasteiger partial charge in [-0.3, -0.25) is 0 Å². The Kier molecular flexibility index (Phi) is 3.90. The van der Waals surface area contributed by atoms with Crippen LogP contribution in [0.25, 0.3) is 6.08 Å². The highest BCUT2D eigenvalue weighted by molar-refractivity contribution is 5.66. The summed E-state index contributed by atoms with van der Waals surface area (Å²) in [6.45, 7) is 0. The summed E-state index contributed by atoms with van der Waals surface area (Å²) >= 11 is 0. The summed E-state index contributed by atoms with van der Waals surface area (Å²) in [7, 11) is 0. The van der Waals surface area contributed by atoms with Crippen molar-refractivity contribution in [3.8, 4) is 0 Å². The summed E-state index contributed by atoms with van der Waals surface area (Å²) in [6.07, 6.45) is 13.8. The molecule has 27 heavy (non-hydrogen) atoms. The first-order valence-corrected chi connectivity index (χ1v) is 9.64. The highest BCUT2D eigenvalue weighted by Crippen LogP contribution is 2.54. The van der Waals surface area contributed by atoms with Crippen molar-refractivity contribution in [1.29, 1.82) is 0 Å². The van der Waals surface area contributed by atoms with Crippen LogP contribution in [0.4, 0.5) is 0 Å². The lowest BCUT2D eigenvalue weighted by Crippen LogP contribution is -2.39. The Hall–Kier alpha value is -3.12. The van der Waals surface area contributed by atoms with E-state index in [0.29, 0.717) is 5.92 Å². The molecule has 0 amide bonds. The van der Waals surface area contributed by atoms with Gasteiger partial charge in [0, 0.05) is 17.3 Å². The van der Waals surface area contributed by atoms with Crippen LogP contribution in [0.5, 0.6) is 0 Å². The Labute approximate surface area is 161 Å². The maximum atomic E-state index is 2.41. The van der Waals surface area contributed by atoms with Crippen LogP contribution < -0.4 is 0 Å². The van der Waals surface area contributed by atoms with Gasteiger partial charge < -0.3 is 0 Å². The minimum absolute atomic E-state index is 0.172. The Morgan fingerprint density at radius 1 is 0.556 bits per heavy atom. The molecule has 0 heteroatoms. The van der Waals surface area contributed by atoms with Crippen molar-refractivity contribution >= 4 is 6.08 Å². The van der Waals surface area contributed by atoms with Gasteiger partial charge in [-0.05, 0) is 22.3 Å². The lowest BCUT2D eigenvalue weighted by atomic mass is 9.58. The van der Waals surface area contributed by atoms with Crippen molar-refractivity contribution in [1.82, 2.24) is 0 Å². The molecule has 1 atom stereocenters. The average Bonchev–Trinajstić information content (AvgIpc) is 3.42. The van der Waals surface area contributed by atoms with Crippen LogP contribution in [0.2, 0.25) is 0 Å². The zero-order valence-electron chi connectivity index (χ0n) is 15.2. The van der Waals surface area contributed by atoms with E-state index in [1.165, 1.54) is 22.3 Å². The van der Waals surface area contributed by atoms with E-state index in [1.54, 1.807) is 0 Å². The zero-order valence-corrected chi connectivity index (χ0v) is 15.2. The molecule has 0 N–H and O–H groups in total. The molecule has 2 aliphatic rings. The smallest absolute Gasteiger partial charge is 0.0403 e. The molecule has 3 aromatic carbocycles. The number of allylic oxidation sites excluding steroid dienone is 5. The van der Waals surface area contributed by atoms with Crippen LogP contribution in [0.1, 0.15) is 28.2 Å². The van der Waals surface area contributed by atoms with E-state index in [9.17, 15) is 0 Å². The fourth-order valence-corrected chi connectivity index (χ4v) is 4.93. The van der Waals surface area contributed by atoms with E-state index < -0.39 is 0 Å². The third kappa shape index (κ3) is 2.44. The Bertz CT molecular complexity index is 970. The lowest BCUT2D eigenvalue weighted by Gasteiger charge is -2.44. The molecule has 5 rings (SSSR count). The first kappa shape index (κ1) is 16.1. The topological polar surface area (TPSA) is 0 Å². The number of hydrogen-bond donors (Lipinski definition) is 0. The second kappa shape index (κ2) is 6.55. The minimum atomic E-state index is -0.172. The first-order valence-electron chi connectivity index (χ1n) is 9.64. The van der Waals surface area contributed by atoms with Crippen molar-refractivity contribution in [3.63, 3.8) is 0 Å². The molecule has 0 aromatic heterocycles. The largest absolute Gasteiger partial charge is 0.0764 e. The van der Waals surface area contributed by atoms with Gasteiger partial charge in [0.2, 0.25) is 0 Å². The van der Waals surface area contributed by atoms with Crippen LogP contribution in [-0.2, 0) is 5.41 Å². The standard InChI is InChI=1S/C27H22/c1-3-12-22(13-4-1)27(24-16-8-9-17-24,23-14-5-2-6-15-23)26-20-19-21-11-7-10-18-25(21)26/h1-20,24,26H. The molecule has 0 saturated carbocycles. The third-order valence-electron chi connectivity index (χ3n) is 6.07. The van der Waals surface area contributed by atoms with E-state index in [1.807, 2.05) is 0 Å². The fraction of sp³-hybridized carbons (Fsp3) is 0.111. The van der Waals surface area contributed by atoms with Gasteiger partial charge in [-0.2, -0.15) is 0 Å². The number of rotatable bonds is 4. The SMILES string of the molecule is C1=CC(C(c2ccccc2)(c2ccccc2)C2C=Cc3ccccc32)C=C1. The highest BCUT2D eigenvalue weighted by atomic mass is 14.5. The van der Waals surface area contributed by atoms with Crippen molar-refractivity contribution < 1.29 is 0 Å². The molecule has 0 spiro atoms. The zero-order chi connectivity index (χ0) is 18.1. The second-order valence-corrected chi connectivity index (χ2v) is 7.36. The summed E-state index contributed by atoms with van der Waals surface area (Å²) in [5, 5.41) is 0. The highest BCUT2D eigenvalue weighted by Gasteiger charge is 2.47. The van der Waals surface area contributed by atoms with Gasteiger partial charge in [-0.15, -0.1) is 0 Å². The summed E-state index contributed by atoms with van der Waals surface area (Å²) in [5.41, 5.74) is 5.31. The van der Waals surface area contributed by atoms with Gasteiger partial charge in [0.1, 0.15) is 0 Å². The van der Waals surface area contributed by atoms with Crippen LogP contribution in [0.15, 0.2) is 115 Å². The van der Waals surface area contributed by atoms with Gasteiger partial charge in [0.15, 0.2) is 0 Å². The van der Waals surface area contributed by atoms with E-state index in [-0.39, 0.29) is 11.3 Å². The van der Waals surface area contributed by atoms with Crippen molar-refractivity contribution in [2.45, 2.75) is 11.3 Å². The van der Waals surface area contributed by atoms with E-state index in [0.717, 1.165) is 0 Å². The van der Waals surface area contributed by atoms with Gasteiger partial charge in [-0.1, -0.05) is 121 Å². The Morgan fingerprint density at radius 2 is 1.11 bits per heavy atom. The predicted octanol–water partition coefficient (Wildman–Crippen LogP) is 6.53. The number of fused-ring (bicyclic) bond motifs is 1. The summed E-state index contributed by atoms with van der Waals surface area (Å²) < 4.78 is 0. The quantitative estimate of drug-likeness (QED) is 0.504. The van der Waals surface area contributed by atoms with Gasteiger partial charge in [0.05, 0.1) is 0 Å². The molecule has 130 valence electrons. The minimum Gasteiger partial charge on any atom is -0.0764 e. The fourth-order valence-electron chi connectivity index (χ4n) is 4.93. The lowest BCUT2D eigenvalue weighted by molar-refractivity contribution is 0.401. The number of hydrogen-bond acceptors (Lipinski definition) is 0. The molecule has 0 saturated heterocycles. The van der Waals surface area contributed by atoms with Crippen LogP contribution in [0.3, 0.4) is 0 Å². The van der Waals surface area contributed by atoms with Gasteiger partial charge >= 0.3 is 0 Å². The van der Waals surface area contributed by atoms with Crippen molar-refractivity contribution in [2.24, 2.45) is 5.92 Å². The maximum absolute atomic E-state index is 2.41. The van der Waals surface area contributed by atoms with E-state index in [4.69, 9.17) is 0 Å². The van der Waals surface area contributed by atoms with Crippen molar-refractivity contribution in [2.75, 3.05) is 0 Å². The van der Waals surface area contributed by atoms with E-state index in [2.05, 4.69) is 121 Å². The molecule has 0 radical (unpaired) electrons. The molecule has 3 aromatic rings. The average molecular weight is 346 g/mol.